The predicted octanol–water partition coefficient (Wildman–Crippen LogP) is 4.49. The highest BCUT2D eigenvalue weighted by atomic mass is 19.1. The summed E-state index contributed by atoms with van der Waals surface area (Å²) >= 11 is 0. The van der Waals surface area contributed by atoms with Gasteiger partial charge < -0.3 is 5.32 Å². The van der Waals surface area contributed by atoms with E-state index < -0.39 is 0 Å². The van der Waals surface area contributed by atoms with Crippen molar-refractivity contribution in [2.75, 3.05) is 5.32 Å². The summed E-state index contributed by atoms with van der Waals surface area (Å²) in [7, 11) is 0. The van der Waals surface area contributed by atoms with E-state index in [1.54, 1.807) is 23.0 Å². The van der Waals surface area contributed by atoms with Crippen molar-refractivity contribution in [1.82, 2.24) is 19.3 Å². The molecule has 4 aromatic rings. The van der Waals surface area contributed by atoms with Gasteiger partial charge in [-0.2, -0.15) is 0 Å². The van der Waals surface area contributed by atoms with Gasteiger partial charge in [0.05, 0.1) is 23.0 Å². The fourth-order valence-corrected chi connectivity index (χ4v) is 4.13. The summed E-state index contributed by atoms with van der Waals surface area (Å²) in [5.74, 6) is 0.158. The van der Waals surface area contributed by atoms with Crippen LogP contribution in [0.3, 0.4) is 0 Å². The maximum atomic E-state index is 13.5. The molecule has 0 saturated carbocycles. The van der Waals surface area contributed by atoms with Crippen molar-refractivity contribution in [3.05, 3.63) is 88.6 Å². The lowest BCUT2D eigenvalue weighted by atomic mass is 10.0. The molecule has 1 unspecified atom stereocenters. The minimum atomic E-state index is -0.333. The van der Waals surface area contributed by atoms with Crippen LogP contribution >= 0.6 is 0 Å². The molecule has 1 aliphatic rings. The number of hydrogen-bond acceptors (Lipinski definition) is 4. The molecule has 0 spiro atoms. The molecule has 0 aliphatic carbocycles. The molecule has 0 saturated heterocycles. The van der Waals surface area contributed by atoms with Crippen molar-refractivity contribution in [2.45, 2.75) is 32.5 Å². The molecule has 0 radical (unpaired) electrons. The average Bonchev–Trinajstić information content (AvgIpc) is 3.37. The van der Waals surface area contributed by atoms with E-state index in [0.717, 1.165) is 24.2 Å². The zero-order valence-corrected chi connectivity index (χ0v) is 17.1. The van der Waals surface area contributed by atoms with Crippen LogP contribution in [0.1, 0.15) is 24.9 Å². The Morgan fingerprint density at radius 2 is 1.74 bits per heavy atom. The number of nitrogens with one attached hydrogen (secondary N) is 1. The van der Waals surface area contributed by atoms with Crippen LogP contribution in [0.15, 0.2) is 71.7 Å². The van der Waals surface area contributed by atoms with E-state index in [4.69, 9.17) is 4.98 Å². The van der Waals surface area contributed by atoms with Crippen LogP contribution in [-0.4, -0.2) is 19.3 Å². The van der Waals surface area contributed by atoms with Crippen molar-refractivity contribution in [1.29, 1.82) is 0 Å². The number of fused-ring (bicyclic) bond motifs is 1. The van der Waals surface area contributed by atoms with E-state index in [1.807, 2.05) is 28.9 Å². The van der Waals surface area contributed by atoms with Gasteiger partial charge in [0.1, 0.15) is 5.82 Å². The van der Waals surface area contributed by atoms with Crippen molar-refractivity contribution in [2.24, 2.45) is 0 Å². The number of hydrogen-bond donors (Lipinski definition) is 1. The first-order valence-electron chi connectivity index (χ1n) is 10.4. The van der Waals surface area contributed by atoms with Crippen LogP contribution in [-0.2, 0) is 13.1 Å². The van der Waals surface area contributed by atoms with Gasteiger partial charge >= 0.3 is 0 Å². The van der Waals surface area contributed by atoms with Gasteiger partial charge in [-0.25, -0.2) is 19.0 Å². The standard InChI is InChI=1S/C24H22FN5O/c1-16(17-6-3-2-4-7-17)27-24-26-13-12-20(28-24)22-21(18-8-10-19(25)11-9-18)23(31)30-15-5-14-29(22)30/h2-4,6-13,16H,5,14-15H2,1H3,(H,26,27,28). The van der Waals surface area contributed by atoms with Crippen LogP contribution in [0.4, 0.5) is 10.3 Å². The fraction of sp³-hybridized carbons (Fsp3) is 0.208. The topological polar surface area (TPSA) is 64.7 Å². The third-order valence-corrected chi connectivity index (χ3v) is 5.65. The van der Waals surface area contributed by atoms with Crippen molar-refractivity contribution < 1.29 is 4.39 Å². The Bertz CT molecular complexity index is 1280. The maximum absolute atomic E-state index is 13.5. The molecule has 1 aliphatic heterocycles. The third-order valence-electron chi connectivity index (χ3n) is 5.65. The Labute approximate surface area is 179 Å². The molecule has 31 heavy (non-hydrogen) atoms. The Balaban J connectivity index is 1.58. The fourth-order valence-electron chi connectivity index (χ4n) is 4.13. The van der Waals surface area contributed by atoms with Crippen LogP contribution in [0, 0.1) is 5.82 Å². The first-order valence-corrected chi connectivity index (χ1v) is 10.4. The van der Waals surface area contributed by atoms with Gasteiger partial charge in [-0.1, -0.05) is 42.5 Å². The summed E-state index contributed by atoms with van der Waals surface area (Å²) in [6, 6.07) is 17.9. The normalized spacial score (nSPS) is 13.7. The van der Waals surface area contributed by atoms with E-state index in [-0.39, 0.29) is 17.4 Å². The summed E-state index contributed by atoms with van der Waals surface area (Å²) in [5.41, 5.74) is 3.68. The van der Waals surface area contributed by atoms with E-state index in [0.29, 0.717) is 29.3 Å². The summed E-state index contributed by atoms with van der Waals surface area (Å²) in [5, 5.41) is 3.34. The number of anilines is 1. The minimum absolute atomic E-state index is 0.0236. The van der Waals surface area contributed by atoms with E-state index in [9.17, 15) is 9.18 Å². The molecule has 0 amide bonds. The molecule has 6 nitrogen and oxygen atoms in total. The second-order valence-electron chi connectivity index (χ2n) is 7.68. The molecule has 0 fully saturated rings. The van der Waals surface area contributed by atoms with Gasteiger partial charge in [-0.3, -0.25) is 9.48 Å². The molecule has 3 heterocycles. The molecule has 5 rings (SSSR count). The zero-order chi connectivity index (χ0) is 21.4. The van der Waals surface area contributed by atoms with Crippen LogP contribution in [0.5, 0.6) is 0 Å². The quantitative estimate of drug-likeness (QED) is 0.522. The van der Waals surface area contributed by atoms with E-state index in [2.05, 4.69) is 29.4 Å². The first-order chi connectivity index (χ1) is 15.1. The third kappa shape index (κ3) is 3.52. The SMILES string of the molecule is CC(Nc1nccc(-c2c(-c3ccc(F)cc3)c(=O)n3n2CCC3)n1)c1ccccc1. The highest BCUT2D eigenvalue weighted by Gasteiger charge is 2.26. The molecule has 2 aromatic carbocycles. The number of aromatic nitrogens is 4. The van der Waals surface area contributed by atoms with Crippen molar-refractivity contribution >= 4 is 5.95 Å². The molecule has 2 aromatic heterocycles. The van der Waals surface area contributed by atoms with Crippen molar-refractivity contribution in [3.63, 3.8) is 0 Å². The number of nitrogens with zero attached hydrogens (tertiary/aromatic N) is 4. The Morgan fingerprint density at radius 1 is 1.00 bits per heavy atom. The van der Waals surface area contributed by atoms with Gasteiger partial charge in [0.2, 0.25) is 5.95 Å². The average molecular weight is 415 g/mol. The number of halogens is 1. The number of rotatable bonds is 5. The highest BCUT2D eigenvalue weighted by molar-refractivity contribution is 5.79. The predicted molar refractivity (Wildman–Crippen MR) is 118 cm³/mol. The van der Waals surface area contributed by atoms with Crippen LogP contribution in [0.25, 0.3) is 22.5 Å². The van der Waals surface area contributed by atoms with Crippen LogP contribution in [0.2, 0.25) is 0 Å². The number of benzene rings is 2. The van der Waals surface area contributed by atoms with Gasteiger partial charge in [-0.05, 0) is 42.7 Å². The largest absolute Gasteiger partial charge is 0.348 e. The lowest BCUT2D eigenvalue weighted by molar-refractivity contribution is 0.599. The smallest absolute Gasteiger partial charge is 0.275 e. The summed E-state index contributed by atoms with van der Waals surface area (Å²) < 4.78 is 17.2. The minimum Gasteiger partial charge on any atom is -0.348 e. The molecular weight excluding hydrogens is 393 g/mol. The molecular formula is C24H22FN5O. The molecule has 156 valence electrons. The molecule has 7 heteroatoms. The highest BCUT2D eigenvalue weighted by Crippen LogP contribution is 2.32. The van der Waals surface area contributed by atoms with E-state index in [1.165, 1.54) is 12.1 Å². The summed E-state index contributed by atoms with van der Waals surface area (Å²) in [4.78, 5) is 22.3. The monoisotopic (exact) mass is 415 g/mol. The van der Waals surface area contributed by atoms with E-state index >= 15 is 0 Å². The first kappa shape index (κ1) is 19.2. The maximum Gasteiger partial charge on any atom is 0.275 e. The molecule has 1 atom stereocenters. The summed E-state index contributed by atoms with van der Waals surface area (Å²) in [6.07, 6.45) is 2.59. The zero-order valence-electron chi connectivity index (χ0n) is 17.1. The van der Waals surface area contributed by atoms with Crippen molar-refractivity contribution in [3.8, 4) is 22.5 Å². The Kier molecular flexibility index (Phi) is 4.86. The van der Waals surface area contributed by atoms with Gasteiger partial charge in [-0.15, -0.1) is 0 Å². The molecule has 0 bridgehead atoms. The van der Waals surface area contributed by atoms with Crippen LogP contribution < -0.4 is 10.9 Å². The van der Waals surface area contributed by atoms with Gasteiger partial charge in [0.25, 0.3) is 5.56 Å². The van der Waals surface area contributed by atoms with Gasteiger partial charge in [0, 0.05) is 19.3 Å². The van der Waals surface area contributed by atoms with Gasteiger partial charge in [0.15, 0.2) is 0 Å². The second-order valence-corrected chi connectivity index (χ2v) is 7.68. The second kappa shape index (κ2) is 7.83. The lowest BCUT2D eigenvalue weighted by Crippen LogP contribution is -2.17. The lowest BCUT2D eigenvalue weighted by Gasteiger charge is -2.15. The Hall–Kier alpha value is -3.74. The Morgan fingerprint density at radius 3 is 2.52 bits per heavy atom. The molecule has 1 N–H and O–H groups in total. The summed E-state index contributed by atoms with van der Waals surface area (Å²) in [6.45, 7) is 3.45.